The first-order chi connectivity index (χ1) is 13.5. The second-order valence-corrected chi connectivity index (χ2v) is 8.52. The molecule has 8 heteroatoms. The van der Waals surface area contributed by atoms with Gasteiger partial charge >= 0.3 is 5.69 Å². The van der Waals surface area contributed by atoms with Crippen molar-refractivity contribution in [3.05, 3.63) is 61.5 Å². The molecular formula is C20H21ClN4O2S. The highest BCUT2D eigenvalue weighted by Crippen LogP contribution is 2.35. The normalized spacial score (nSPS) is 14.8. The van der Waals surface area contributed by atoms with Crippen molar-refractivity contribution < 1.29 is 0 Å². The van der Waals surface area contributed by atoms with Gasteiger partial charge in [0.15, 0.2) is 5.65 Å². The van der Waals surface area contributed by atoms with E-state index >= 15 is 0 Å². The van der Waals surface area contributed by atoms with E-state index in [1.807, 2.05) is 24.3 Å². The molecule has 0 saturated heterocycles. The fraction of sp³-hybridized carbons (Fsp3) is 0.400. The van der Waals surface area contributed by atoms with E-state index in [2.05, 4.69) is 4.98 Å². The molecule has 4 rings (SSSR count). The Morgan fingerprint density at radius 3 is 2.54 bits per heavy atom. The highest BCUT2D eigenvalue weighted by atomic mass is 35.5. The Labute approximate surface area is 171 Å². The highest BCUT2D eigenvalue weighted by Gasteiger charge is 2.24. The number of aromatic nitrogens is 4. The molecule has 2 aromatic heterocycles. The average Bonchev–Trinajstić information content (AvgIpc) is 3.24. The van der Waals surface area contributed by atoms with Crippen LogP contribution in [0.1, 0.15) is 43.0 Å². The minimum atomic E-state index is -0.379. The molecular weight excluding hydrogens is 396 g/mol. The third-order valence-electron chi connectivity index (χ3n) is 5.33. The summed E-state index contributed by atoms with van der Waals surface area (Å²) in [6, 6.07) is 7.64. The van der Waals surface area contributed by atoms with Gasteiger partial charge in [-0.05, 0) is 24.5 Å². The largest absolute Gasteiger partial charge is 0.332 e. The molecule has 0 spiro atoms. The molecule has 6 nitrogen and oxygen atoms in total. The molecule has 1 aliphatic rings. The van der Waals surface area contributed by atoms with Crippen LogP contribution < -0.4 is 11.2 Å². The maximum Gasteiger partial charge on any atom is 0.332 e. The maximum absolute atomic E-state index is 12.9. The fourth-order valence-corrected chi connectivity index (χ4v) is 4.98. The van der Waals surface area contributed by atoms with Gasteiger partial charge in [-0.1, -0.05) is 42.6 Å². The van der Waals surface area contributed by atoms with Crippen LogP contribution in [-0.4, -0.2) is 19.1 Å². The summed E-state index contributed by atoms with van der Waals surface area (Å²) in [7, 11) is 3.13. The summed E-state index contributed by atoms with van der Waals surface area (Å²) < 4.78 is 2.55. The summed E-state index contributed by atoms with van der Waals surface area (Å²) in [6.45, 7) is 0. The van der Waals surface area contributed by atoms with E-state index in [0.29, 0.717) is 26.8 Å². The minimum absolute atomic E-state index is 0.281. The van der Waals surface area contributed by atoms with Crippen LogP contribution in [0.4, 0.5) is 0 Å². The summed E-state index contributed by atoms with van der Waals surface area (Å²) in [5.41, 5.74) is 0.644. The number of thioether (sulfide) groups is 1. The van der Waals surface area contributed by atoms with Crippen LogP contribution in [0, 0.1) is 0 Å². The number of hydrogen-bond donors (Lipinski definition) is 0. The molecule has 1 saturated carbocycles. The van der Waals surface area contributed by atoms with Crippen molar-refractivity contribution in [2.24, 2.45) is 14.1 Å². The Morgan fingerprint density at radius 2 is 1.82 bits per heavy atom. The lowest BCUT2D eigenvalue weighted by Crippen LogP contribution is -2.38. The quantitative estimate of drug-likeness (QED) is 0.479. The zero-order chi connectivity index (χ0) is 19.8. The second-order valence-electron chi connectivity index (χ2n) is 7.15. The van der Waals surface area contributed by atoms with Crippen molar-refractivity contribution in [2.45, 2.75) is 42.4 Å². The van der Waals surface area contributed by atoms with E-state index in [0.717, 1.165) is 41.6 Å². The van der Waals surface area contributed by atoms with Crippen LogP contribution >= 0.6 is 23.4 Å². The predicted molar refractivity (Wildman–Crippen MR) is 112 cm³/mol. The zero-order valence-corrected chi connectivity index (χ0v) is 17.4. The average molecular weight is 417 g/mol. The van der Waals surface area contributed by atoms with Crippen LogP contribution in [0.15, 0.2) is 38.9 Å². The van der Waals surface area contributed by atoms with Crippen LogP contribution in [0.5, 0.6) is 0 Å². The number of nitrogens with zero attached hydrogens (tertiary/aromatic N) is 4. The lowest BCUT2D eigenvalue weighted by Gasteiger charge is -2.14. The third kappa shape index (κ3) is 3.37. The Hall–Kier alpha value is -2.12. The molecule has 146 valence electrons. The van der Waals surface area contributed by atoms with Crippen molar-refractivity contribution in [1.29, 1.82) is 0 Å². The van der Waals surface area contributed by atoms with Gasteiger partial charge in [-0.3, -0.25) is 13.9 Å². The van der Waals surface area contributed by atoms with Crippen molar-refractivity contribution in [3.63, 3.8) is 0 Å². The summed E-state index contributed by atoms with van der Waals surface area (Å²) >= 11 is 7.75. The molecule has 1 fully saturated rings. The third-order valence-corrected chi connectivity index (χ3v) is 6.72. The molecule has 3 aromatic rings. The summed E-state index contributed by atoms with van der Waals surface area (Å²) in [4.78, 5) is 34.7. The van der Waals surface area contributed by atoms with E-state index in [9.17, 15) is 9.59 Å². The number of hydrogen-bond acceptors (Lipinski definition) is 5. The van der Waals surface area contributed by atoms with Gasteiger partial charge in [0.25, 0.3) is 5.56 Å². The molecule has 0 aliphatic heterocycles. The molecule has 2 heterocycles. The maximum atomic E-state index is 12.9. The number of aryl methyl sites for hydroxylation is 1. The number of benzene rings is 1. The summed E-state index contributed by atoms with van der Waals surface area (Å²) in [6.07, 6.45) is 4.39. The van der Waals surface area contributed by atoms with E-state index in [1.54, 1.807) is 7.05 Å². The van der Waals surface area contributed by atoms with Crippen molar-refractivity contribution >= 4 is 34.4 Å². The van der Waals surface area contributed by atoms with Crippen LogP contribution in [0.25, 0.3) is 11.0 Å². The van der Waals surface area contributed by atoms with Gasteiger partial charge in [-0.15, -0.1) is 11.8 Å². The van der Waals surface area contributed by atoms with E-state index in [-0.39, 0.29) is 17.2 Å². The van der Waals surface area contributed by atoms with Crippen LogP contribution in [0.2, 0.25) is 5.02 Å². The van der Waals surface area contributed by atoms with Gasteiger partial charge in [-0.25, -0.2) is 14.8 Å². The fourth-order valence-electron chi connectivity index (χ4n) is 3.68. The van der Waals surface area contributed by atoms with Gasteiger partial charge in [0.1, 0.15) is 16.2 Å². The molecule has 1 aromatic carbocycles. The SMILES string of the molecule is Cn1c(=O)c2c(SCc3ccccc3Cl)nc(C3CCCC3)nc2n(C)c1=O. The molecule has 1 aliphatic carbocycles. The first-order valence-electron chi connectivity index (χ1n) is 9.31. The van der Waals surface area contributed by atoms with E-state index in [4.69, 9.17) is 16.6 Å². The van der Waals surface area contributed by atoms with Gasteiger partial charge < -0.3 is 0 Å². The Balaban J connectivity index is 1.88. The molecule has 0 bridgehead atoms. The number of halogens is 1. The smallest absolute Gasteiger partial charge is 0.280 e. The van der Waals surface area contributed by atoms with E-state index in [1.165, 1.54) is 23.4 Å². The van der Waals surface area contributed by atoms with Gasteiger partial charge in [0.2, 0.25) is 0 Å². The standard InChI is InChI=1S/C20H21ClN4O2S/c1-24-17-15(19(26)25(2)20(24)27)18(23-16(22-17)12-7-3-4-8-12)28-11-13-9-5-6-10-14(13)21/h5-6,9-10,12H,3-4,7-8,11H2,1-2H3. The van der Waals surface area contributed by atoms with E-state index < -0.39 is 0 Å². The second kappa shape index (κ2) is 7.72. The Morgan fingerprint density at radius 1 is 1.11 bits per heavy atom. The number of rotatable bonds is 4. The highest BCUT2D eigenvalue weighted by molar-refractivity contribution is 7.98. The minimum Gasteiger partial charge on any atom is -0.280 e. The molecule has 0 radical (unpaired) electrons. The molecule has 28 heavy (non-hydrogen) atoms. The monoisotopic (exact) mass is 416 g/mol. The first-order valence-corrected chi connectivity index (χ1v) is 10.7. The Bertz CT molecular complexity index is 1170. The first kappa shape index (κ1) is 19.2. The Kier molecular flexibility index (Phi) is 5.29. The van der Waals surface area contributed by atoms with Crippen molar-refractivity contribution in [2.75, 3.05) is 0 Å². The zero-order valence-electron chi connectivity index (χ0n) is 15.8. The van der Waals surface area contributed by atoms with Gasteiger partial charge in [-0.2, -0.15) is 0 Å². The molecule has 0 atom stereocenters. The number of fused-ring (bicyclic) bond motifs is 1. The predicted octanol–water partition coefficient (Wildman–Crippen LogP) is 3.63. The summed E-state index contributed by atoms with van der Waals surface area (Å²) in [5.74, 6) is 1.60. The molecule has 0 N–H and O–H groups in total. The van der Waals surface area contributed by atoms with Crippen LogP contribution in [-0.2, 0) is 19.8 Å². The lowest BCUT2D eigenvalue weighted by atomic mass is 10.1. The van der Waals surface area contributed by atoms with Crippen LogP contribution in [0.3, 0.4) is 0 Å². The lowest BCUT2D eigenvalue weighted by molar-refractivity contribution is 0.648. The molecule has 0 amide bonds. The van der Waals surface area contributed by atoms with Crippen molar-refractivity contribution in [3.8, 4) is 0 Å². The van der Waals surface area contributed by atoms with Gasteiger partial charge in [0.05, 0.1) is 0 Å². The summed E-state index contributed by atoms with van der Waals surface area (Å²) in [5, 5.41) is 1.69. The molecule has 0 unspecified atom stereocenters. The van der Waals surface area contributed by atoms with Gasteiger partial charge in [0, 0.05) is 30.8 Å². The van der Waals surface area contributed by atoms with Crippen molar-refractivity contribution in [1.82, 2.24) is 19.1 Å². The topological polar surface area (TPSA) is 69.8 Å².